The molecule has 0 radical (unpaired) electrons. The van der Waals surface area contributed by atoms with Crippen LogP contribution < -0.4 is 15.4 Å². The highest BCUT2D eigenvalue weighted by atomic mass is 127. The number of rotatable bonds is 11. The molecule has 0 amide bonds. The van der Waals surface area contributed by atoms with Crippen LogP contribution in [0.3, 0.4) is 0 Å². The summed E-state index contributed by atoms with van der Waals surface area (Å²) < 4.78 is 27.6. The quantitative estimate of drug-likeness (QED) is 0.177. The van der Waals surface area contributed by atoms with Crippen LogP contribution >= 0.6 is 24.0 Å². The van der Waals surface area contributed by atoms with Gasteiger partial charge in [0, 0.05) is 32.7 Å². The molecule has 0 unspecified atom stereocenters. The van der Waals surface area contributed by atoms with Gasteiger partial charge in [-0.1, -0.05) is 12.1 Å². The lowest BCUT2D eigenvalue weighted by Crippen LogP contribution is -2.39. The Hall–Kier alpha value is -1.40. The summed E-state index contributed by atoms with van der Waals surface area (Å²) in [6, 6.07) is 8.17. The van der Waals surface area contributed by atoms with E-state index < -0.39 is 10.0 Å². The fourth-order valence-corrected chi connectivity index (χ4v) is 3.52. The average molecular weight is 536 g/mol. The van der Waals surface area contributed by atoms with Crippen LogP contribution in [0.5, 0.6) is 0 Å². The number of guanidine groups is 1. The van der Waals surface area contributed by atoms with E-state index in [9.17, 15) is 8.42 Å². The number of halogens is 1. The molecule has 2 rings (SSSR count). The van der Waals surface area contributed by atoms with E-state index >= 15 is 0 Å². The molecule has 2 aromatic rings. The molecule has 1 aromatic heterocycles. The van der Waals surface area contributed by atoms with Gasteiger partial charge in [0.1, 0.15) is 5.82 Å². The number of aryl methyl sites for hydroxylation is 2. The molecule has 1 heterocycles. The Morgan fingerprint density at radius 2 is 1.90 bits per heavy atom. The van der Waals surface area contributed by atoms with Crippen molar-refractivity contribution in [2.24, 2.45) is 4.99 Å². The molecular formula is C19H33IN6O2S. The van der Waals surface area contributed by atoms with Crippen molar-refractivity contribution in [3.8, 4) is 0 Å². The van der Waals surface area contributed by atoms with Gasteiger partial charge in [0.25, 0.3) is 0 Å². The maximum Gasteiger partial charge on any atom is 0.211 e. The number of benzene rings is 1. The Bertz CT molecular complexity index is 882. The maximum absolute atomic E-state index is 11.4. The van der Waals surface area contributed by atoms with Gasteiger partial charge in [-0.05, 0) is 45.7 Å². The van der Waals surface area contributed by atoms with Gasteiger partial charge in [-0.2, -0.15) is 0 Å². The van der Waals surface area contributed by atoms with Crippen molar-refractivity contribution in [2.45, 2.75) is 40.2 Å². The van der Waals surface area contributed by atoms with E-state index in [0.29, 0.717) is 26.1 Å². The largest absolute Gasteiger partial charge is 0.357 e. The van der Waals surface area contributed by atoms with Crippen molar-refractivity contribution in [1.29, 1.82) is 0 Å². The Kier molecular flexibility index (Phi) is 11.5. The molecule has 0 atom stereocenters. The van der Waals surface area contributed by atoms with E-state index in [1.54, 1.807) is 6.92 Å². The zero-order valence-corrected chi connectivity index (χ0v) is 20.6. The lowest BCUT2D eigenvalue weighted by atomic mass is 10.3. The lowest BCUT2D eigenvalue weighted by Gasteiger charge is -2.12. The molecule has 8 nitrogen and oxygen atoms in total. The minimum absolute atomic E-state index is 0. The van der Waals surface area contributed by atoms with Crippen molar-refractivity contribution in [3.63, 3.8) is 0 Å². The van der Waals surface area contributed by atoms with Crippen LogP contribution in [0, 0.1) is 6.92 Å². The van der Waals surface area contributed by atoms with Gasteiger partial charge in [0.15, 0.2) is 5.96 Å². The smallest absolute Gasteiger partial charge is 0.211 e. The van der Waals surface area contributed by atoms with Crippen molar-refractivity contribution in [1.82, 2.24) is 24.9 Å². The van der Waals surface area contributed by atoms with E-state index in [-0.39, 0.29) is 29.7 Å². The second kappa shape index (κ2) is 13.0. The van der Waals surface area contributed by atoms with Crippen molar-refractivity contribution in [2.75, 3.05) is 31.9 Å². The van der Waals surface area contributed by atoms with Crippen LogP contribution in [0.15, 0.2) is 29.3 Å². The number of sulfonamides is 1. The first-order valence-corrected chi connectivity index (χ1v) is 11.5. The second-order valence-electron chi connectivity index (χ2n) is 6.49. The zero-order valence-electron chi connectivity index (χ0n) is 17.4. The molecular weight excluding hydrogens is 503 g/mol. The first-order chi connectivity index (χ1) is 13.5. The number of para-hydroxylation sites is 2. The standard InChI is InChI=1S/C19H32N6O2S.HI/c1-4-20-19(21-12-8-14-23-28(26,27)5-2)22-13-9-15-25-16(3)24-17-10-6-7-11-18(17)25;/h6-7,10-11,23H,4-5,8-9,12-15H2,1-3H3,(H2,20,21,22);1H. The van der Waals surface area contributed by atoms with Gasteiger partial charge < -0.3 is 15.2 Å². The number of hydrogen-bond acceptors (Lipinski definition) is 4. The number of aromatic nitrogens is 2. The number of hydrogen-bond donors (Lipinski definition) is 3. The first-order valence-electron chi connectivity index (χ1n) is 9.88. The molecule has 164 valence electrons. The summed E-state index contributed by atoms with van der Waals surface area (Å²) in [5.41, 5.74) is 2.18. The fourth-order valence-electron chi connectivity index (χ4n) is 2.86. The number of fused-ring (bicyclic) bond motifs is 1. The maximum atomic E-state index is 11.4. The number of nitrogens with one attached hydrogen (secondary N) is 3. The van der Waals surface area contributed by atoms with Gasteiger partial charge in [-0.25, -0.2) is 18.1 Å². The van der Waals surface area contributed by atoms with E-state index in [0.717, 1.165) is 42.3 Å². The van der Waals surface area contributed by atoms with Crippen LogP contribution in [-0.2, 0) is 16.6 Å². The molecule has 0 aliphatic carbocycles. The minimum atomic E-state index is -3.12. The molecule has 0 aliphatic heterocycles. The topological polar surface area (TPSA) is 100 Å². The highest BCUT2D eigenvalue weighted by Gasteiger charge is 2.06. The fraction of sp³-hybridized carbons (Fsp3) is 0.579. The van der Waals surface area contributed by atoms with Crippen molar-refractivity contribution < 1.29 is 8.42 Å². The van der Waals surface area contributed by atoms with E-state index in [4.69, 9.17) is 0 Å². The highest BCUT2D eigenvalue weighted by Crippen LogP contribution is 2.15. The molecule has 10 heteroatoms. The SMILES string of the molecule is CCNC(=NCCCn1c(C)nc2ccccc21)NCCCNS(=O)(=O)CC.I. The minimum Gasteiger partial charge on any atom is -0.357 e. The summed E-state index contributed by atoms with van der Waals surface area (Å²) in [6.45, 7) is 9.11. The van der Waals surface area contributed by atoms with Gasteiger partial charge in [0.2, 0.25) is 10.0 Å². The molecule has 1 aromatic carbocycles. The molecule has 0 bridgehead atoms. The molecule has 0 aliphatic rings. The molecule has 0 saturated carbocycles. The molecule has 29 heavy (non-hydrogen) atoms. The zero-order chi connectivity index (χ0) is 20.4. The third-order valence-corrected chi connectivity index (χ3v) is 5.75. The summed E-state index contributed by atoms with van der Waals surface area (Å²) in [5, 5.41) is 6.46. The lowest BCUT2D eigenvalue weighted by molar-refractivity contribution is 0.579. The average Bonchev–Trinajstić information content (AvgIpc) is 3.00. The summed E-state index contributed by atoms with van der Waals surface area (Å²) in [4.78, 5) is 9.20. The normalized spacial score (nSPS) is 12.0. The van der Waals surface area contributed by atoms with Crippen LogP contribution in [-0.4, -0.2) is 55.9 Å². The Balaban J connectivity index is 0.00000420. The first kappa shape index (κ1) is 25.6. The van der Waals surface area contributed by atoms with Crippen LogP contribution in [0.25, 0.3) is 11.0 Å². The number of imidazole rings is 1. The molecule has 0 fully saturated rings. The Labute approximate surface area is 191 Å². The summed E-state index contributed by atoms with van der Waals surface area (Å²) in [5.74, 6) is 1.88. The summed E-state index contributed by atoms with van der Waals surface area (Å²) >= 11 is 0. The predicted octanol–water partition coefficient (Wildman–Crippen LogP) is 2.24. The summed E-state index contributed by atoms with van der Waals surface area (Å²) in [6.07, 6.45) is 1.61. The van der Waals surface area contributed by atoms with Gasteiger partial charge in [-0.15, -0.1) is 24.0 Å². The third-order valence-electron chi connectivity index (χ3n) is 4.35. The van der Waals surface area contributed by atoms with E-state index in [1.165, 1.54) is 0 Å². The number of nitrogens with zero attached hydrogens (tertiary/aromatic N) is 3. The van der Waals surface area contributed by atoms with Crippen LogP contribution in [0.4, 0.5) is 0 Å². The van der Waals surface area contributed by atoms with Gasteiger partial charge in [-0.3, -0.25) is 4.99 Å². The monoisotopic (exact) mass is 536 g/mol. The summed E-state index contributed by atoms with van der Waals surface area (Å²) in [7, 11) is -3.12. The predicted molar refractivity (Wildman–Crippen MR) is 131 cm³/mol. The Morgan fingerprint density at radius 1 is 1.14 bits per heavy atom. The Morgan fingerprint density at radius 3 is 2.62 bits per heavy atom. The van der Waals surface area contributed by atoms with Gasteiger partial charge in [0.05, 0.1) is 16.8 Å². The number of aliphatic imine (C=N–C) groups is 1. The van der Waals surface area contributed by atoms with Crippen molar-refractivity contribution >= 4 is 51.0 Å². The van der Waals surface area contributed by atoms with E-state index in [2.05, 4.69) is 36.0 Å². The van der Waals surface area contributed by atoms with Gasteiger partial charge >= 0.3 is 0 Å². The molecule has 3 N–H and O–H groups in total. The third kappa shape index (κ3) is 8.47. The second-order valence-corrected chi connectivity index (χ2v) is 8.59. The van der Waals surface area contributed by atoms with Crippen molar-refractivity contribution in [3.05, 3.63) is 30.1 Å². The van der Waals surface area contributed by atoms with Crippen LogP contribution in [0.2, 0.25) is 0 Å². The van der Waals surface area contributed by atoms with Crippen LogP contribution in [0.1, 0.15) is 32.5 Å². The molecule has 0 spiro atoms. The highest BCUT2D eigenvalue weighted by molar-refractivity contribution is 14.0. The van der Waals surface area contributed by atoms with E-state index in [1.807, 2.05) is 32.0 Å². The molecule has 0 saturated heterocycles.